The Kier molecular flexibility index (Phi) is 3.89. The minimum atomic E-state index is 0.393. The van der Waals surface area contributed by atoms with Crippen molar-refractivity contribution in [1.29, 1.82) is 0 Å². The smallest absolute Gasteiger partial charge is 0.0270 e. The van der Waals surface area contributed by atoms with Crippen LogP contribution in [0.4, 0.5) is 0 Å². The Hall–Kier alpha value is -1.67. The quantitative estimate of drug-likeness (QED) is 0.867. The van der Waals surface area contributed by atoms with E-state index < -0.39 is 0 Å². The van der Waals surface area contributed by atoms with Gasteiger partial charge in [-0.05, 0) is 42.8 Å². The molecule has 0 amide bonds. The lowest BCUT2D eigenvalue weighted by atomic mass is 9.89. The Labute approximate surface area is 103 Å². The minimum absolute atomic E-state index is 0.393. The van der Waals surface area contributed by atoms with Gasteiger partial charge < -0.3 is 5.32 Å². The second-order valence-corrected chi connectivity index (χ2v) is 4.25. The molecule has 2 rings (SSSR count). The molecule has 1 aromatic carbocycles. The number of pyridine rings is 1. The number of aryl methyl sites for hydroxylation is 1. The van der Waals surface area contributed by atoms with Gasteiger partial charge in [0.2, 0.25) is 0 Å². The van der Waals surface area contributed by atoms with E-state index in [1.54, 1.807) is 0 Å². The van der Waals surface area contributed by atoms with Gasteiger partial charge in [-0.25, -0.2) is 0 Å². The number of hydrogen-bond acceptors (Lipinski definition) is 2. The minimum Gasteiger partial charge on any atom is -0.319 e. The highest BCUT2D eigenvalue weighted by atomic mass is 14.8. The number of likely N-dealkylation sites (N-methyl/N-ethyl adjacent to an activating group) is 1. The van der Waals surface area contributed by atoms with E-state index in [0.717, 1.165) is 6.54 Å². The predicted octanol–water partition coefficient (Wildman–Crippen LogP) is 2.74. The summed E-state index contributed by atoms with van der Waals surface area (Å²) in [6.07, 6.45) is 3.71. The van der Waals surface area contributed by atoms with Crippen LogP contribution in [0.15, 0.2) is 48.8 Å². The van der Waals surface area contributed by atoms with Gasteiger partial charge in [-0.15, -0.1) is 0 Å². The monoisotopic (exact) mass is 226 g/mol. The number of hydrogen-bond donors (Lipinski definition) is 1. The van der Waals surface area contributed by atoms with Gasteiger partial charge in [0.15, 0.2) is 0 Å². The highest BCUT2D eigenvalue weighted by Crippen LogP contribution is 2.25. The fourth-order valence-corrected chi connectivity index (χ4v) is 2.19. The van der Waals surface area contributed by atoms with E-state index in [4.69, 9.17) is 0 Å². The fourth-order valence-electron chi connectivity index (χ4n) is 2.19. The molecule has 2 nitrogen and oxygen atoms in total. The predicted molar refractivity (Wildman–Crippen MR) is 71.2 cm³/mol. The van der Waals surface area contributed by atoms with Gasteiger partial charge in [-0.1, -0.05) is 24.3 Å². The molecule has 2 heteroatoms. The molecule has 2 aromatic rings. The van der Waals surface area contributed by atoms with Crippen LogP contribution in [0.2, 0.25) is 0 Å². The summed E-state index contributed by atoms with van der Waals surface area (Å²) in [6.45, 7) is 3.11. The summed E-state index contributed by atoms with van der Waals surface area (Å²) in [5.74, 6) is 0.393. The van der Waals surface area contributed by atoms with Crippen molar-refractivity contribution in [3.05, 3.63) is 65.5 Å². The number of aromatic nitrogens is 1. The summed E-state index contributed by atoms with van der Waals surface area (Å²) in [6, 6.07) is 12.7. The summed E-state index contributed by atoms with van der Waals surface area (Å²) in [5.41, 5.74) is 4.03. The largest absolute Gasteiger partial charge is 0.319 e. The summed E-state index contributed by atoms with van der Waals surface area (Å²) in [5, 5.41) is 3.27. The molecule has 1 heterocycles. The molecule has 0 saturated carbocycles. The van der Waals surface area contributed by atoms with E-state index in [0.29, 0.717) is 5.92 Å². The number of nitrogens with one attached hydrogen (secondary N) is 1. The molecule has 0 fully saturated rings. The first-order chi connectivity index (χ1) is 8.33. The molecular weight excluding hydrogens is 208 g/mol. The number of rotatable bonds is 4. The second-order valence-electron chi connectivity index (χ2n) is 4.25. The molecule has 0 radical (unpaired) electrons. The third-order valence-electron chi connectivity index (χ3n) is 3.08. The van der Waals surface area contributed by atoms with E-state index in [1.165, 1.54) is 16.7 Å². The van der Waals surface area contributed by atoms with Crippen LogP contribution < -0.4 is 5.32 Å². The highest BCUT2D eigenvalue weighted by molar-refractivity contribution is 5.37. The molecule has 1 atom stereocenters. The molecule has 0 aliphatic rings. The Balaban J connectivity index is 2.39. The lowest BCUT2D eigenvalue weighted by molar-refractivity contribution is 0.704. The molecule has 17 heavy (non-hydrogen) atoms. The van der Waals surface area contributed by atoms with Gasteiger partial charge in [0.1, 0.15) is 0 Å². The highest BCUT2D eigenvalue weighted by Gasteiger charge is 2.14. The van der Waals surface area contributed by atoms with E-state index >= 15 is 0 Å². The third kappa shape index (κ3) is 2.71. The average molecular weight is 226 g/mol. The van der Waals surface area contributed by atoms with Crippen molar-refractivity contribution in [2.75, 3.05) is 13.6 Å². The van der Waals surface area contributed by atoms with Crippen molar-refractivity contribution in [2.24, 2.45) is 0 Å². The number of benzene rings is 1. The SMILES string of the molecule is CNCC(c1ccncc1)c1ccccc1C. The zero-order valence-electron chi connectivity index (χ0n) is 10.4. The molecule has 0 saturated heterocycles. The summed E-state index contributed by atoms with van der Waals surface area (Å²) in [7, 11) is 1.99. The summed E-state index contributed by atoms with van der Waals surface area (Å²) in [4.78, 5) is 4.08. The zero-order valence-corrected chi connectivity index (χ0v) is 10.4. The van der Waals surface area contributed by atoms with Crippen molar-refractivity contribution in [2.45, 2.75) is 12.8 Å². The van der Waals surface area contributed by atoms with Gasteiger partial charge in [-0.2, -0.15) is 0 Å². The topological polar surface area (TPSA) is 24.9 Å². The van der Waals surface area contributed by atoms with Crippen molar-refractivity contribution in [3.8, 4) is 0 Å². The van der Waals surface area contributed by atoms with Crippen molar-refractivity contribution >= 4 is 0 Å². The Morgan fingerprint density at radius 1 is 1.12 bits per heavy atom. The van der Waals surface area contributed by atoms with E-state index in [2.05, 4.69) is 53.6 Å². The summed E-state index contributed by atoms with van der Waals surface area (Å²) < 4.78 is 0. The van der Waals surface area contributed by atoms with Crippen LogP contribution in [0.5, 0.6) is 0 Å². The molecule has 88 valence electrons. The lowest BCUT2D eigenvalue weighted by Gasteiger charge is -2.19. The van der Waals surface area contributed by atoms with E-state index in [-0.39, 0.29) is 0 Å². The van der Waals surface area contributed by atoms with Crippen LogP contribution in [0.25, 0.3) is 0 Å². The molecule has 0 aliphatic heterocycles. The van der Waals surface area contributed by atoms with Crippen LogP contribution in [-0.2, 0) is 0 Å². The van der Waals surface area contributed by atoms with Crippen LogP contribution in [0.1, 0.15) is 22.6 Å². The Morgan fingerprint density at radius 2 is 1.82 bits per heavy atom. The zero-order chi connectivity index (χ0) is 12.1. The Bertz CT molecular complexity index is 465. The summed E-state index contributed by atoms with van der Waals surface area (Å²) >= 11 is 0. The molecule has 1 unspecified atom stereocenters. The van der Waals surface area contributed by atoms with Gasteiger partial charge in [0, 0.05) is 24.9 Å². The normalized spacial score (nSPS) is 12.4. The lowest BCUT2D eigenvalue weighted by Crippen LogP contribution is -2.19. The van der Waals surface area contributed by atoms with Gasteiger partial charge >= 0.3 is 0 Å². The van der Waals surface area contributed by atoms with Crippen molar-refractivity contribution in [1.82, 2.24) is 10.3 Å². The van der Waals surface area contributed by atoms with Crippen LogP contribution in [0, 0.1) is 6.92 Å². The van der Waals surface area contributed by atoms with Crippen molar-refractivity contribution < 1.29 is 0 Å². The molecule has 0 aliphatic carbocycles. The maximum absolute atomic E-state index is 4.08. The van der Waals surface area contributed by atoms with Gasteiger partial charge in [0.05, 0.1) is 0 Å². The molecular formula is C15H18N2. The first-order valence-electron chi connectivity index (χ1n) is 5.93. The molecule has 0 spiro atoms. The second kappa shape index (κ2) is 5.60. The van der Waals surface area contributed by atoms with E-state index in [9.17, 15) is 0 Å². The maximum Gasteiger partial charge on any atom is 0.0270 e. The van der Waals surface area contributed by atoms with Crippen LogP contribution >= 0.6 is 0 Å². The molecule has 1 N–H and O–H groups in total. The fraction of sp³-hybridized carbons (Fsp3) is 0.267. The first kappa shape index (κ1) is 11.8. The first-order valence-corrected chi connectivity index (χ1v) is 5.93. The maximum atomic E-state index is 4.08. The van der Waals surface area contributed by atoms with Crippen molar-refractivity contribution in [3.63, 3.8) is 0 Å². The average Bonchev–Trinajstić information content (AvgIpc) is 2.38. The van der Waals surface area contributed by atoms with Gasteiger partial charge in [-0.3, -0.25) is 4.98 Å². The number of nitrogens with zero attached hydrogens (tertiary/aromatic N) is 1. The van der Waals surface area contributed by atoms with Crippen LogP contribution in [-0.4, -0.2) is 18.6 Å². The van der Waals surface area contributed by atoms with E-state index in [1.807, 2.05) is 19.4 Å². The standard InChI is InChI=1S/C15H18N2/c1-12-5-3-4-6-14(12)15(11-16-2)13-7-9-17-10-8-13/h3-10,15-16H,11H2,1-2H3. The third-order valence-corrected chi connectivity index (χ3v) is 3.08. The van der Waals surface area contributed by atoms with Crippen LogP contribution in [0.3, 0.4) is 0 Å². The Morgan fingerprint density at radius 3 is 2.47 bits per heavy atom. The molecule has 1 aromatic heterocycles. The molecule has 0 bridgehead atoms. The van der Waals surface area contributed by atoms with Gasteiger partial charge in [0.25, 0.3) is 0 Å².